The lowest BCUT2D eigenvalue weighted by Crippen LogP contribution is -2.54. The van der Waals surface area contributed by atoms with Crippen molar-refractivity contribution in [1.82, 2.24) is 13.7 Å². The minimum Gasteiger partial charge on any atom is -0.396 e. The van der Waals surface area contributed by atoms with Crippen molar-refractivity contribution in [2.75, 3.05) is 19.8 Å². The minimum absolute atomic E-state index is 0.0322. The zero-order valence-electron chi connectivity index (χ0n) is 13.9. The summed E-state index contributed by atoms with van der Waals surface area (Å²) in [5.41, 5.74) is -1.96. The van der Waals surface area contributed by atoms with Gasteiger partial charge in [0.05, 0.1) is 0 Å². The molecule has 0 aromatic carbocycles. The predicted molar refractivity (Wildman–Crippen MR) is 88.2 cm³/mol. The predicted octanol–water partition coefficient (Wildman–Crippen LogP) is -1.51. The Labute approximate surface area is 139 Å². The maximum atomic E-state index is 12.4. The summed E-state index contributed by atoms with van der Waals surface area (Å²) >= 11 is 0. The zero-order valence-corrected chi connectivity index (χ0v) is 13.9. The molecule has 0 unspecified atom stereocenters. The van der Waals surface area contributed by atoms with Crippen molar-refractivity contribution in [3.8, 4) is 0 Å². The fraction of sp³-hybridized carbons (Fsp3) is 0.800. The van der Waals surface area contributed by atoms with Gasteiger partial charge in [-0.3, -0.25) is 0 Å². The molecule has 0 saturated heterocycles. The fourth-order valence-corrected chi connectivity index (χ4v) is 2.40. The molecule has 24 heavy (non-hydrogen) atoms. The topological polar surface area (TPSA) is 127 Å². The molecule has 0 amide bonds. The summed E-state index contributed by atoms with van der Waals surface area (Å²) in [6.07, 6.45) is 2.74. The van der Waals surface area contributed by atoms with E-state index < -0.39 is 17.1 Å². The zero-order chi connectivity index (χ0) is 17.9. The van der Waals surface area contributed by atoms with E-state index in [-0.39, 0.29) is 39.5 Å². The van der Waals surface area contributed by atoms with E-state index in [1.807, 2.05) is 0 Å². The van der Waals surface area contributed by atoms with Gasteiger partial charge in [-0.2, -0.15) is 0 Å². The van der Waals surface area contributed by atoms with Gasteiger partial charge in [0.25, 0.3) is 0 Å². The van der Waals surface area contributed by atoms with E-state index in [1.165, 1.54) is 0 Å². The molecule has 0 aliphatic carbocycles. The third-order valence-electron chi connectivity index (χ3n) is 3.75. The molecule has 3 N–H and O–H groups in total. The van der Waals surface area contributed by atoms with Crippen molar-refractivity contribution in [1.29, 1.82) is 0 Å². The van der Waals surface area contributed by atoms with Crippen LogP contribution in [-0.4, -0.2) is 48.8 Å². The summed E-state index contributed by atoms with van der Waals surface area (Å²) < 4.78 is 3.07. The highest BCUT2D eigenvalue weighted by molar-refractivity contribution is 4.79. The normalized spacial score (nSPS) is 11.1. The van der Waals surface area contributed by atoms with Crippen LogP contribution in [0, 0.1) is 0 Å². The van der Waals surface area contributed by atoms with Gasteiger partial charge >= 0.3 is 17.1 Å². The van der Waals surface area contributed by atoms with E-state index in [4.69, 9.17) is 15.3 Å². The highest BCUT2D eigenvalue weighted by Gasteiger charge is 2.14. The molecule has 9 heteroatoms. The van der Waals surface area contributed by atoms with E-state index in [0.29, 0.717) is 38.5 Å². The van der Waals surface area contributed by atoms with Crippen molar-refractivity contribution >= 4 is 0 Å². The molecular weight excluding hydrogens is 318 g/mol. The lowest BCUT2D eigenvalue weighted by atomic mass is 10.3. The minimum atomic E-state index is -0.653. The van der Waals surface area contributed by atoms with Crippen molar-refractivity contribution in [3.63, 3.8) is 0 Å². The lowest BCUT2D eigenvalue weighted by Gasteiger charge is -2.13. The van der Waals surface area contributed by atoms with Crippen LogP contribution in [0.4, 0.5) is 0 Å². The molecule has 0 fully saturated rings. The maximum absolute atomic E-state index is 12.4. The number of aliphatic hydroxyl groups excluding tert-OH is 3. The van der Waals surface area contributed by atoms with Crippen LogP contribution in [0.2, 0.25) is 0 Å². The van der Waals surface area contributed by atoms with Gasteiger partial charge in [-0.25, -0.2) is 28.1 Å². The number of aromatic nitrogens is 3. The van der Waals surface area contributed by atoms with Gasteiger partial charge in [0.2, 0.25) is 0 Å². The Hall–Kier alpha value is -1.71. The summed E-state index contributed by atoms with van der Waals surface area (Å²) in [5, 5.41) is 26.5. The molecule has 0 aliphatic heterocycles. The average molecular weight is 345 g/mol. The number of hydrogen-bond donors (Lipinski definition) is 3. The van der Waals surface area contributed by atoms with Crippen LogP contribution in [-0.2, 0) is 19.6 Å². The first-order valence-electron chi connectivity index (χ1n) is 8.35. The Morgan fingerprint density at radius 1 is 0.500 bits per heavy atom. The SMILES string of the molecule is O=c1n(CCCCO)c(=O)n(CCCCO)c(=O)n1CCCCO. The van der Waals surface area contributed by atoms with Gasteiger partial charge in [0.1, 0.15) is 0 Å². The molecule has 138 valence electrons. The lowest BCUT2D eigenvalue weighted by molar-refractivity contribution is 0.273. The number of nitrogens with zero attached hydrogens (tertiary/aromatic N) is 3. The van der Waals surface area contributed by atoms with Crippen LogP contribution in [0.3, 0.4) is 0 Å². The van der Waals surface area contributed by atoms with E-state index in [9.17, 15) is 14.4 Å². The van der Waals surface area contributed by atoms with Crippen LogP contribution in [0.25, 0.3) is 0 Å². The van der Waals surface area contributed by atoms with Crippen LogP contribution in [0.1, 0.15) is 38.5 Å². The third-order valence-corrected chi connectivity index (χ3v) is 3.75. The molecular formula is C15H27N3O6. The van der Waals surface area contributed by atoms with Crippen LogP contribution in [0.5, 0.6) is 0 Å². The van der Waals surface area contributed by atoms with Crippen LogP contribution >= 0.6 is 0 Å². The van der Waals surface area contributed by atoms with Crippen molar-refractivity contribution in [3.05, 3.63) is 31.5 Å². The monoisotopic (exact) mass is 345 g/mol. The molecule has 1 heterocycles. The van der Waals surface area contributed by atoms with E-state index in [2.05, 4.69) is 0 Å². The first-order valence-corrected chi connectivity index (χ1v) is 8.35. The van der Waals surface area contributed by atoms with Crippen LogP contribution < -0.4 is 17.1 Å². The Balaban J connectivity index is 3.22. The molecule has 1 aromatic heterocycles. The fourth-order valence-electron chi connectivity index (χ4n) is 2.40. The Kier molecular flexibility index (Phi) is 9.28. The standard InChI is InChI=1S/C15H27N3O6/c19-10-4-1-7-16-13(22)17(8-2-5-11-20)15(24)18(14(16)23)9-3-6-12-21/h19-21H,1-12H2. The molecule has 1 rings (SSSR count). The average Bonchev–Trinajstić information content (AvgIpc) is 2.57. The van der Waals surface area contributed by atoms with Gasteiger partial charge < -0.3 is 15.3 Å². The van der Waals surface area contributed by atoms with Gasteiger partial charge in [-0.1, -0.05) is 0 Å². The largest absolute Gasteiger partial charge is 0.396 e. The second-order valence-corrected chi connectivity index (χ2v) is 5.59. The Bertz CT molecular complexity index is 540. The summed E-state index contributed by atoms with van der Waals surface area (Å²) in [6, 6.07) is 0. The molecule has 0 atom stereocenters. The first-order chi connectivity index (χ1) is 11.6. The van der Waals surface area contributed by atoms with Crippen molar-refractivity contribution < 1.29 is 15.3 Å². The van der Waals surface area contributed by atoms with Gasteiger partial charge in [-0.05, 0) is 38.5 Å². The van der Waals surface area contributed by atoms with Gasteiger partial charge in [-0.15, -0.1) is 0 Å². The Morgan fingerprint density at radius 2 is 0.750 bits per heavy atom. The molecule has 0 spiro atoms. The smallest absolute Gasteiger partial charge is 0.336 e. The molecule has 0 bridgehead atoms. The highest BCUT2D eigenvalue weighted by atomic mass is 16.3. The van der Waals surface area contributed by atoms with E-state index >= 15 is 0 Å². The number of aliphatic hydroxyl groups is 3. The summed E-state index contributed by atoms with van der Waals surface area (Å²) in [5.74, 6) is 0. The second-order valence-electron chi connectivity index (χ2n) is 5.59. The quantitative estimate of drug-likeness (QED) is 0.395. The summed E-state index contributed by atoms with van der Waals surface area (Å²) in [4.78, 5) is 37.3. The Morgan fingerprint density at radius 3 is 0.958 bits per heavy atom. The molecule has 0 saturated carbocycles. The van der Waals surface area contributed by atoms with Crippen molar-refractivity contribution in [2.24, 2.45) is 0 Å². The third kappa shape index (κ3) is 5.43. The van der Waals surface area contributed by atoms with Crippen LogP contribution in [0.15, 0.2) is 14.4 Å². The highest BCUT2D eigenvalue weighted by Crippen LogP contribution is 1.93. The summed E-state index contributed by atoms with van der Waals surface area (Å²) in [6.45, 7) is 0.316. The number of unbranched alkanes of at least 4 members (excludes halogenated alkanes) is 3. The van der Waals surface area contributed by atoms with E-state index in [1.54, 1.807) is 0 Å². The van der Waals surface area contributed by atoms with Crippen molar-refractivity contribution in [2.45, 2.75) is 58.2 Å². The van der Waals surface area contributed by atoms with Gasteiger partial charge in [0.15, 0.2) is 0 Å². The number of hydrogen-bond acceptors (Lipinski definition) is 6. The second kappa shape index (κ2) is 11.0. The molecule has 0 aliphatic rings. The van der Waals surface area contributed by atoms with Gasteiger partial charge in [0, 0.05) is 39.5 Å². The first kappa shape index (κ1) is 20.3. The molecule has 9 nitrogen and oxygen atoms in total. The van der Waals surface area contributed by atoms with E-state index in [0.717, 1.165) is 13.7 Å². The maximum Gasteiger partial charge on any atom is 0.336 e. The summed E-state index contributed by atoms with van der Waals surface area (Å²) in [7, 11) is 0. The molecule has 0 radical (unpaired) electrons. The number of rotatable bonds is 12. The molecule has 1 aromatic rings.